The quantitative estimate of drug-likeness (QED) is 0.463. The second kappa shape index (κ2) is 8.94. The first-order chi connectivity index (χ1) is 12.1. The maximum absolute atomic E-state index is 11.3. The zero-order valence-electron chi connectivity index (χ0n) is 14.2. The molecule has 0 aromatic heterocycles. The Balaban J connectivity index is 2.37. The molecule has 1 N–H and O–H groups in total. The number of hydrogen-bond acceptors (Lipinski definition) is 4. The number of carbonyl (C=O) groups is 1. The number of methoxy groups -OCH3 is 1. The number of amides is 1. The first-order valence-electron chi connectivity index (χ1n) is 7.83. The summed E-state index contributed by atoms with van der Waals surface area (Å²) >= 11 is 4.93. The summed E-state index contributed by atoms with van der Waals surface area (Å²) in [5.74, 6) is 0.772. The summed E-state index contributed by atoms with van der Waals surface area (Å²) in [5, 5.41) is 16.2. The van der Waals surface area contributed by atoms with Gasteiger partial charge in [-0.3, -0.25) is 0 Å². The van der Waals surface area contributed by atoms with Crippen LogP contribution in [0.2, 0.25) is 0 Å². The molecule has 0 spiro atoms. The van der Waals surface area contributed by atoms with Gasteiger partial charge in [0.05, 0.1) is 12.8 Å². The van der Waals surface area contributed by atoms with E-state index in [-0.39, 0.29) is 6.54 Å². The second-order valence-electron chi connectivity index (χ2n) is 5.31. The van der Waals surface area contributed by atoms with Crippen LogP contribution in [0.5, 0.6) is 5.75 Å². The van der Waals surface area contributed by atoms with Crippen molar-refractivity contribution in [2.75, 3.05) is 13.7 Å². The van der Waals surface area contributed by atoms with E-state index in [1.54, 1.807) is 19.4 Å². The van der Waals surface area contributed by atoms with Crippen molar-refractivity contribution >= 4 is 29.4 Å². The molecular weight excluding hydrogens is 336 g/mol. The Hall–Kier alpha value is -2.73. The van der Waals surface area contributed by atoms with Gasteiger partial charge in [0, 0.05) is 18.3 Å². The summed E-state index contributed by atoms with van der Waals surface area (Å²) < 4.78 is 5.17. The Bertz CT molecular complexity index is 755. The summed E-state index contributed by atoms with van der Waals surface area (Å²) in [4.78, 5) is 11.3. The molecule has 0 aliphatic rings. The predicted molar refractivity (Wildman–Crippen MR) is 103 cm³/mol. The standard InChI is InChI=1S/C19H20N2O3S/c1-3-21(19(22)23)20-18(16-8-4-15(13-25)5-9-16)12-14-6-10-17(24-2)11-7-14/h4-11,13H,3,12H2,1-2H3,(H,22,23). The van der Waals surface area contributed by atoms with Crippen LogP contribution in [0.3, 0.4) is 0 Å². The molecule has 6 heteroatoms. The minimum absolute atomic E-state index is 0.277. The van der Waals surface area contributed by atoms with Gasteiger partial charge in [0.15, 0.2) is 0 Å². The number of thiocarbonyl (C=S) groups is 1. The van der Waals surface area contributed by atoms with Gasteiger partial charge < -0.3 is 9.84 Å². The Morgan fingerprint density at radius 3 is 2.32 bits per heavy atom. The lowest BCUT2D eigenvalue weighted by atomic mass is 10.0. The highest BCUT2D eigenvalue weighted by molar-refractivity contribution is 7.79. The van der Waals surface area contributed by atoms with Crippen molar-refractivity contribution in [3.8, 4) is 5.75 Å². The monoisotopic (exact) mass is 356 g/mol. The third-order valence-corrected chi connectivity index (χ3v) is 3.94. The fraction of sp³-hybridized carbons (Fsp3) is 0.211. The van der Waals surface area contributed by atoms with E-state index >= 15 is 0 Å². The number of hydrogen-bond donors (Lipinski definition) is 1. The van der Waals surface area contributed by atoms with Crippen molar-refractivity contribution in [3.63, 3.8) is 0 Å². The number of ether oxygens (including phenoxy) is 1. The molecule has 0 bridgehead atoms. The maximum atomic E-state index is 11.3. The zero-order chi connectivity index (χ0) is 18.2. The van der Waals surface area contributed by atoms with Crippen molar-refractivity contribution in [1.29, 1.82) is 0 Å². The zero-order valence-corrected chi connectivity index (χ0v) is 15.0. The topological polar surface area (TPSA) is 62.1 Å². The lowest BCUT2D eigenvalue weighted by Crippen LogP contribution is -2.26. The summed E-state index contributed by atoms with van der Waals surface area (Å²) in [6.45, 7) is 2.03. The van der Waals surface area contributed by atoms with E-state index < -0.39 is 6.09 Å². The third-order valence-electron chi connectivity index (χ3n) is 3.67. The van der Waals surface area contributed by atoms with Crippen LogP contribution in [0, 0.1) is 0 Å². The van der Waals surface area contributed by atoms with Gasteiger partial charge in [0.1, 0.15) is 5.75 Å². The van der Waals surface area contributed by atoms with Crippen LogP contribution in [-0.4, -0.2) is 40.9 Å². The van der Waals surface area contributed by atoms with Crippen LogP contribution in [-0.2, 0) is 6.42 Å². The highest BCUT2D eigenvalue weighted by atomic mass is 32.1. The van der Waals surface area contributed by atoms with Crippen molar-refractivity contribution < 1.29 is 14.6 Å². The van der Waals surface area contributed by atoms with Crippen LogP contribution in [0.4, 0.5) is 4.79 Å². The summed E-state index contributed by atoms with van der Waals surface area (Å²) in [6.07, 6.45) is -0.574. The molecule has 2 aromatic carbocycles. The molecule has 130 valence electrons. The maximum Gasteiger partial charge on any atom is 0.427 e. The van der Waals surface area contributed by atoms with Gasteiger partial charge >= 0.3 is 6.09 Å². The molecule has 25 heavy (non-hydrogen) atoms. The molecule has 2 rings (SSSR count). The molecular formula is C19H20N2O3S. The summed E-state index contributed by atoms with van der Waals surface area (Å²) in [7, 11) is 1.62. The van der Waals surface area contributed by atoms with Gasteiger partial charge in [-0.15, -0.1) is 0 Å². The second-order valence-corrected chi connectivity index (χ2v) is 5.55. The molecule has 0 aliphatic carbocycles. The fourth-order valence-electron chi connectivity index (χ4n) is 2.28. The Kier molecular flexibility index (Phi) is 6.65. The molecule has 0 saturated carbocycles. The highest BCUT2D eigenvalue weighted by Crippen LogP contribution is 2.15. The molecule has 0 heterocycles. The molecule has 0 saturated heterocycles. The predicted octanol–water partition coefficient (Wildman–Crippen LogP) is 3.99. The average molecular weight is 356 g/mol. The molecule has 2 aromatic rings. The van der Waals surface area contributed by atoms with E-state index in [9.17, 15) is 9.90 Å². The average Bonchev–Trinajstić information content (AvgIpc) is 2.65. The minimum Gasteiger partial charge on any atom is -0.497 e. The van der Waals surface area contributed by atoms with Gasteiger partial charge in [-0.25, -0.2) is 4.79 Å². The molecule has 0 fully saturated rings. The number of carboxylic acid groups (broad SMARTS) is 1. The lowest BCUT2D eigenvalue weighted by molar-refractivity contribution is 0.149. The summed E-state index contributed by atoms with van der Waals surface area (Å²) in [6, 6.07) is 15.2. The van der Waals surface area contributed by atoms with Crippen molar-refractivity contribution in [2.45, 2.75) is 13.3 Å². The molecule has 5 nitrogen and oxygen atoms in total. The van der Waals surface area contributed by atoms with E-state index in [1.165, 1.54) is 0 Å². The van der Waals surface area contributed by atoms with Gasteiger partial charge in [-0.2, -0.15) is 10.1 Å². The number of benzene rings is 2. The van der Waals surface area contributed by atoms with E-state index in [4.69, 9.17) is 17.0 Å². The Labute approximate surface area is 152 Å². The van der Waals surface area contributed by atoms with E-state index in [2.05, 4.69) is 5.10 Å². The number of rotatable bonds is 7. The van der Waals surface area contributed by atoms with Crippen molar-refractivity contribution in [2.24, 2.45) is 5.10 Å². The number of hydrazone groups is 1. The summed E-state index contributed by atoms with van der Waals surface area (Å²) in [5.41, 5.74) is 3.47. The van der Waals surface area contributed by atoms with Gasteiger partial charge in [0.2, 0.25) is 0 Å². The van der Waals surface area contributed by atoms with E-state index in [1.807, 2.05) is 48.5 Å². The SMILES string of the molecule is CCN(N=C(Cc1ccc(OC)cc1)c1ccc(C=S)cc1)C(=O)O. The van der Waals surface area contributed by atoms with Crippen molar-refractivity contribution in [1.82, 2.24) is 5.01 Å². The third kappa shape index (κ3) is 5.12. The Morgan fingerprint density at radius 2 is 1.84 bits per heavy atom. The van der Waals surface area contributed by atoms with Crippen LogP contribution in [0.25, 0.3) is 0 Å². The molecule has 0 unspecified atom stereocenters. The van der Waals surface area contributed by atoms with E-state index in [0.717, 1.165) is 27.4 Å². The molecule has 0 atom stereocenters. The lowest BCUT2D eigenvalue weighted by Gasteiger charge is -2.15. The molecule has 0 aliphatic heterocycles. The number of nitrogens with zero attached hydrogens (tertiary/aromatic N) is 2. The largest absolute Gasteiger partial charge is 0.497 e. The smallest absolute Gasteiger partial charge is 0.427 e. The minimum atomic E-state index is -1.08. The van der Waals surface area contributed by atoms with Crippen LogP contribution in [0.15, 0.2) is 53.6 Å². The van der Waals surface area contributed by atoms with Crippen LogP contribution in [0.1, 0.15) is 23.6 Å². The van der Waals surface area contributed by atoms with Gasteiger partial charge in [-0.05, 0) is 35.7 Å². The molecule has 0 radical (unpaired) electrons. The van der Waals surface area contributed by atoms with Crippen LogP contribution >= 0.6 is 12.2 Å². The highest BCUT2D eigenvalue weighted by Gasteiger charge is 2.12. The fourth-order valence-corrected chi connectivity index (χ4v) is 2.44. The first kappa shape index (κ1) is 18.6. The van der Waals surface area contributed by atoms with Crippen LogP contribution < -0.4 is 4.74 Å². The van der Waals surface area contributed by atoms with Gasteiger partial charge in [0.25, 0.3) is 0 Å². The first-order valence-corrected chi connectivity index (χ1v) is 8.31. The molecule has 1 amide bonds. The van der Waals surface area contributed by atoms with Gasteiger partial charge in [-0.1, -0.05) is 48.6 Å². The Morgan fingerprint density at radius 1 is 1.20 bits per heavy atom. The normalized spacial score (nSPS) is 11.0. The van der Waals surface area contributed by atoms with Crippen molar-refractivity contribution in [3.05, 3.63) is 65.2 Å². The van der Waals surface area contributed by atoms with E-state index in [0.29, 0.717) is 12.1 Å².